The summed E-state index contributed by atoms with van der Waals surface area (Å²) in [6, 6.07) is 5.87. The third-order valence-electron chi connectivity index (χ3n) is 4.01. The molecule has 2 aromatic rings. The van der Waals surface area contributed by atoms with Crippen LogP contribution in [0, 0.1) is 5.82 Å². The molecular weight excluding hydrogens is 384 g/mol. The number of carbonyl (C=O) groups excluding carboxylic acids is 3. The standard InChI is InChI=1S/C17H12F4N4O3/c18-12-6-2-1-5-11(12)13(26)23-16(17(19,20)21)14(27)25(15(28)24-16)9-10-4-3-7-22-8-10/h1-8H,9H2,(H,23,26)(H,24,28)/t16-/m1/s1. The van der Waals surface area contributed by atoms with Gasteiger partial charge in [-0.05, 0) is 23.8 Å². The number of carbonyl (C=O) groups is 3. The minimum atomic E-state index is -5.38. The highest BCUT2D eigenvalue weighted by atomic mass is 19.4. The lowest BCUT2D eigenvalue weighted by Crippen LogP contribution is -2.69. The van der Waals surface area contributed by atoms with Crippen molar-refractivity contribution in [3.05, 3.63) is 65.7 Å². The SMILES string of the molecule is O=C(N[C@@]1(C(F)(F)F)NC(=O)N(Cc2cccnc2)C1=O)c1ccccc1F. The largest absolute Gasteiger partial charge is 0.440 e. The zero-order valence-electron chi connectivity index (χ0n) is 14.0. The van der Waals surface area contributed by atoms with Crippen LogP contribution in [0.25, 0.3) is 0 Å². The van der Waals surface area contributed by atoms with E-state index >= 15 is 0 Å². The topological polar surface area (TPSA) is 91.4 Å². The van der Waals surface area contributed by atoms with E-state index in [2.05, 4.69) is 4.98 Å². The predicted octanol–water partition coefficient (Wildman–Crippen LogP) is 1.96. The third kappa shape index (κ3) is 3.26. The zero-order chi connectivity index (χ0) is 20.5. The monoisotopic (exact) mass is 396 g/mol. The number of rotatable bonds is 4. The molecule has 1 fully saturated rings. The van der Waals surface area contributed by atoms with Gasteiger partial charge in [0.2, 0.25) is 0 Å². The van der Waals surface area contributed by atoms with E-state index in [1.807, 2.05) is 0 Å². The molecule has 0 radical (unpaired) electrons. The molecule has 0 bridgehead atoms. The van der Waals surface area contributed by atoms with Crippen LogP contribution < -0.4 is 10.6 Å². The van der Waals surface area contributed by atoms with Crippen LogP contribution in [0.2, 0.25) is 0 Å². The number of alkyl halides is 3. The van der Waals surface area contributed by atoms with Crippen molar-refractivity contribution in [1.82, 2.24) is 20.5 Å². The molecule has 7 nitrogen and oxygen atoms in total. The fourth-order valence-electron chi connectivity index (χ4n) is 2.62. The molecule has 2 heterocycles. The summed E-state index contributed by atoms with van der Waals surface area (Å²) >= 11 is 0. The van der Waals surface area contributed by atoms with Gasteiger partial charge >= 0.3 is 12.2 Å². The fourth-order valence-corrected chi connectivity index (χ4v) is 2.62. The number of halogens is 4. The number of amides is 4. The minimum absolute atomic E-state index is 0.296. The average molecular weight is 396 g/mol. The molecule has 1 atom stereocenters. The van der Waals surface area contributed by atoms with E-state index in [1.54, 1.807) is 0 Å². The molecule has 1 aromatic carbocycles. The first-order valence-corrected chi connectivity index (χ1v) is 7.82. The quantitative estimate of drug-likeness (QED) is 0.611. The normalized spacial score (nSPS) is 19.5. The summed E-state index contributed by atoms with van der Waals surface area (Å²) in [5.41, 5.74) is -4.13. The van der Waals surface area contributed by atoms with E-state index in [0.717, 1.165) is 12.1 Å². The van der Waals surface area contributed by atoms with E-state index in [4.69, 9.17) is 0 Å². The molecule has 0 unspecified atom stereocenters. The second kappa shape index (κ2) is 6.91. The number of pyridine rings is 1. The van der Waals surface area contributed by atoms with Gasteiger partial charge in [0.1, 0.15) is 5.82 Å². The molecule has 11 heteroatoms. The van der Waals surface area contributed by atoms with Gasteiger partial charge in [-0.15, -0.1) is 0 Å². The summed E-state index contributed by atoms with van der Waals surface area (Å²) < 4.78 is 55.0. The van der Waals surface area contributed by atoms with Crippen molar-refractivity contribution >= 4 is 17.8 Å². The van der Waals surface area contributed by atoms with Crippen molar-refractivity contribution < 1.29 is 31.9 Å². The Morgan fingerprint density at radius 2 is 1.89 bits per heavy atom. The first-order valence-electron chi connectivity index (χ1n) is 7.82. The molecule has 146 valence electrons. The van der Waals surface area contributed by atoms with Crippen LogP contribution in [0.5, 0.6) is 0 Å². The van der Waals surface area contributed by atoms with Gasteiger partial charge in [-0.1, -0.05) is 18.2 Å². The summed E-state index contributed by atoms with van der Waals surface area (Å²) in [6.45, 7) is -0.494. The van der Waals surface area contributed by atoms with Gasteiger partial charge in [0.25, 0.3) is 17.5 Å². The van der Waals surface area contributed by atoms with Crippen molar-refractivity contribution in [2.75, 3.05) is 0 Å². The molecule has 28 heavy (non-hydrogen) atoms. The van der Waals surface area contributed by atoms with Gasteiger partial charge in [-0.3, -0.25) is 24.8 Å². The maximum Gasteiger partial charge on any atom is 0.440 e. The van der Waals surface area contributed by atoms with Crippen LogP contribution in [-0.2, 0) is 11.3 Å². The highest BCUT2D eigenvalue weighted by molar-refractivity contribution is 6.10. The number of imide groups is 1. The second-order valence-corrected chi connectivity index (χ2v) is 5.86. The Morgan fingerprint density at radius 3 is 2.50 bits per heavy atom. The van der Waals surface area contributed by atoms with E-state index in [-0.39, 0.29) is 0 Å². The highest BCUT2D eigenvalue weighted by Gasteiger charge is 2.68. The van der Waals surface area contributed by atoms with Crippen molar-refractivity contribution in [3.63, 3.8) is 0 Å². The molecule has 1 aliphatic heterocycles. The second-order valence-electron chi connectivity index (χ2n) is 5.86. The first kappa shape index (κ1) is 19.3. The molecule has 0 aliphatic carbocycles. The molecule has 0 spiro atoms. The van der Waals surface area contributed by atoms with Crippen LogP contribution in [0.3, 0.4) is 0 Å². The van der Waals surface area contributed by atoms with Crippen molar-refractivity contribution in [2.24, 2.45) is 0 Å². The van der Waals surface area contributed by atoms with Crippen molar-refractivity contribution in [1.29, 1.82) is 0 Å². The maximum atomic E-state index is 13.7. The van der Waals surface area contributed by atoms with Crippen molar-refractivity contribution in [3.8, 4) is 0 Å². The first-order chi connectivity index (χ1) is 13.2. The highest BCUT2D eigenvalue weighted by Crippen LogP contribution is 2.34. The summed E-state index contributed by atoms with van der Waals surface area (Å²) in [7, 11) is 0. The maximum absolute atomic E-state index is 13.7. The Bertz CT molecular complexity index is 935. The van der Waals surface area contributed by atoms with Crippen LogP contribution in [0.15, 0.2) is 48.8 Å². The molecule has 1 saturated heterocycles. The van der Waals surface area contributed by atoms with E-state index in [9.17, 15) is 31.9 Å². The van der Waals surface area contributed by atoms with Crippen LogP contribution in [-0.4, -0.2) is 39.6 Å². The number of aromatic nitrogens is 1. The number of nitrogens with one attached hydrogen (secondary N) is 2. The average Bonchev–Trinajstić information content (AvgIpc) is 2.88. The number of benzene rings is 1. The zero-order valence-corrected chi connectivity index (χ0v) is 14.0. The van der Waals surface area contributed by atoms with Gasteiger partial charge in [0.05, 0.1) is 12.1 Å². The Labute approximate surface area is 155 Å². The smallest absolute Gasteiger partial charge is 0.314 e. The lowest BCUT2D eigenvalue weighted by atomic mass is 10.1. The minimum Gasteiger partial charge on any atom is -0.314 e. The Kier molecular flexibility index (Phi) is 4.75. The third-order valence-corrected chi connectivity index (χ3v) is 4.01. The lowest BCUT2D eigenvalue weighted by molar-refractivity contribution is -0.200. The van der Waals surface area contributed by atoms with Gasteiger partial charge in [0.15, 0.2) is 0 Å². The molecule has 2 N–H and O–H groups in total. The van der Waals surface area contributed by atoms with Gasteiger partial charge < -0.3 is 5.32 Å². The number of urea groups is 1. The van der Waals surface area contributed by atoms with Crippen LogP contribution >= 0.6 is 0 Å². The summed E-state index contributed by atoms with van der Waals surface area (Å²) in [6.07, 6.45) is -2.71. The van der Waals surface area contributed by atoms with Gasteiger partial charge in [0, 0.05) is 12.4 Å². The molecule has 4 amide bonds. The summed E-state index contributed by atoms with van der Waals surface area (Å²) in [5, 5.41) is 2.93. The van der Waals surface area contributed by atoms with E-state index < -0.39 is 47.6 Å². The molecular formula is C17H12F4N4O3. The van der Waals surface area contributed by atoms with Gasteiger partial charge in [-0.2, -0.15) is 13.2 Å². The number of hydrogen-bond acceptors (Lipinski definition) is 4. The number of hydrogen-bond donors (Lipinski definition) is 2. The summed E-state index contributed by atoms with van der Waals surface area (Å²) in [4.78, 5) is 40.9. The molecule has 1 aliphatic rings. The van der Waals surface area contributed by atoms with E-state index in [1.165, 1.54) is 47.3 Å². The summed E-state index contributed by atoms with van der Waals surface area (Å²) in [5.74, 6) is -4.33. The van der Waals surface area contributed by atoms with E-state index in [0.29, 0.717) is 10.5 Å². The van der Waals surface area contributed by atoms with Crippen molar-refractivity contribution in [2.45, 2.75) is 18.4 Å². The molecule has 0 saturated carbocycles. The number of nitrogens with zero attached hydrogens (tertiary/aromatic N) is 2. The molecule has 3 rings (SSSR count). The fraction of sp³-hybridized carbons (Fsp3) is 0.176. The predicted molar refractivity (Wildman–Crippen MR) is 86.0 cm³/mol. The van der Waals surface area contributed by atoms with Gasteiger partial charge in [-0.25, -0.2) is 9.18 Å². The van der Waals surface area contributed by atoms with Crippen LogP contribution in [0.4, 0.5) is 22.4 Å². The Balaban J connectivity index is 1.94. The Morgan fingerprint density at radius 1 is 1.18 bits per heavy atom. The van der Waals surface area contributed by atoms with Crippen LogP contribution in [0.1, 0.15) is 15.9 Å². The lowest BCUT2D eigenvalue weighted by Gasteiger charge is -2.29. The molecule has 1 aromatic heterocycles. The Hall–Kier alpha value is -3.50.